The summed E-state index contributed by atoms with van der Waals surface area (Å²) >= 11 is 0. The predicted molar refractivity (Wildman–Crippen MR) is 119 cm³/mol. The molecular weight excluding hydrogens is 377 g/mol. The van der Waals surface area contributed by atoms with Crippen molar-refractivity contribution in [3.8, 4) is 0 Å². The quantitative estimate of drug-likeness (QED) is 0.530. The summed E-state index contributed by atoms with van der Waals surface area (Å²) in [5, 5.41) is 0. The van der Waals surface area contributed by atoms with Crippen LogP contribution in [0.1, 0.15) is 63.4 Å². The number of halogens is 1. The van der Waals surface area contributed by atoms with Gasteiger partial charge in [-0.3, -0.25) is 14.9 Å². The fraction of sp³-hybridized carbons (Fsp3) is 0.600. The molecule has 1 fully saturated rings. The predicted octanol–water partition coefficient (Wildman–Crippen LogP) is 5.30. The summed E-state index contributed by atoms with van der Waals surface area (Å²) in [5.41, 5.74) is 3.41. The van der Waals surface area contributed by atoms with Crippen molar-refractivity contribution in [1.82, 2.24) is 14.9 Å². The van der Waals surface area contributed by atoms with Crippen molar-refractivity contribution in [2.24, 2.45) is 5.41 Å². The van der Waals surface area contributed by atoms with Crippen molar-refractivity contribution in [3.05, 3.63) is 59.4 Å². The van der Waals surface area contributed by atoms with Crippen molar-refractivity contribution >= 4 is 0 Å². The van der Waals surface area contributed by atoms with Gasteiger partial charge in [0, 0.05) is 41.7 Å². The lowest BCUT2D eigenvalue weighted by Crippen LogP contribution is -2.46. The lowest BCUT2D eigenvalue weighted by atomic mass is 9.81. The molecule has 0 bridgehead atoms. The van der Waals surface area contributed by atoms with Crippen molar-refractivity contribution < 1.29 is 9.13 Å². The van der Waals surface area contributed by atoms with Gasteiger partial charge in [0.15, 0.2) is 0 Å². The van der Waals surface area contributed by atoms with Gasteiger partial charge in [0.1, 0.15) is 5.82 Å². The van der Waals surface area contributed by atoms with Crippen LogP contribution in [-0.2, 0) is 16.7 Å². The zero-order chi connectivity index (χ0) is 21.6. The highest BCUT2D eigenvalue weighted by atomic mass is 19.1. The molecule has 164 valence electrons. The van der Waals surface area contributed by atoms with Gasteiger partial charge in [-0.05, 0) is 76.3 Å². The molecular formula is C25H36FN3O. The Morgan fingerprint density at radius 2 is 1.90 bits per heavy atom. The first-order chi connectivity index (χ1) is 14.5. The van der Waals surface area contributed by atoms with Crippen LogP contribution in [0.2, 0.25) is 0 Å². The maximum atomic E-state index is 13.2. The first-order valence-electron chi connectivity index (χ1n) is 11.3. The summed E-state index contributed by atoms with van der Waals surface area (Å²) in [6.45, 7) is 12.2. The molecule has 1 aliphatic rings. The number of aromatic nitrogens is 2. The molecule has 0 N–H and O–H groups in total. The van der Waals surface area contributed by atoms with Gasteiger partial charge in [-0.25, -0.2) is 4.39 Å². The van der Waals surface area contributed by atoms with Crippen LogP contribution < -0.4 is 0 Å². The Balaban J connectivity index is 1.81. The van der Waals surface area contributed by atoms with Gasteiger partial charge < -0.3 is 4.74 Å². The Kier molecular flexibility index (Phi) is 7.59. The Hall–Kier alpha value is -1.85. The standard InChI is InChI=1S/C25H36FN3O/c1-5-25(6-2,21-9-8-20(4)27-16-21)29-15-14-24(18-29,19-30-7-3)13-12-23-11-10-22(26)17-28-23/h8-11,16-17H,5-7,12-15,18-19H2,1-4H3/t24-/m1/s1. The van der Waals surface area contributed by atoms with Crippen LogP contribution in [0.25, 0.3) is 0 Å². The van der Waals surface area contributed by atoms with Gasteiger partial charge in [0.2, 0.25) is 0 Å². The smallest absolute Gasteiger partial charge is 0.141 e. The number of aryl methyl sites for hydroxylation is 2. The molecule has 1 atom stereocenters. The molecule has 2 aromatic heterocycles. The number of nitrogens with zero attached hydrogens (tertiary/aromatic N) is 3. The molecule has 0 amide bonds. The van der Waals surface area contributed by atoms with Crippen molar-refractivity contribution in [1.29, 1.82) is 0 Å². The van der Waals surface area contributed by atoms with E-state index in [0.717, 1.165) is 69.8 Å². The van der Waals surface area contributed by atoms with E-state index in [9.17, 15) is 4.39 Å². The first-order valence-corrected chi connectivity index (χ1v) is 11.3. The van der Waals surface area contributed by atoms with Gasteiger partial charge in [-0.2, -0.15) is 0 Å². The second-order valence-electron chi connectivity index (χ2n) is 8.70. The van der Waals surface area contributed by atoms with Crippen LogP contribution in [0.3, 0.4) is 0 Å². The van der Waals surface area contributed by atoms with E-state index in [-0.39, 0.29) is 16.8 Å². The maximum absolute atomic E-state index is 13.2. The van der Waals surface area contributed by atoms with Crippen molar-refractivity contribution in [3.63, 3.8) is 0 Å². The maximum Gasteiger partial charge on any atom is 0.141 e. The number of ether oxygens (including phenoxy) is 1. The summed E-state index contributed by atoms with van der Waals surface area (Å²) < 4.78 is 19.2. The number of pyridine rings is 2. The largest absolute Gasteiger partial charge is 0.381 e. The highest BCUT2D eigenvalue weighted by Gasteiger charge is 2.46. The third kappa shape index (κ3) is 4.89. The molecule has 0 aromatic carbocycles. The van der Waals surface area contributed by atoms with Gasteiger partial charge in [-0.15, -0.1) is 0 Å². The first kappa shape index (κ1) is 22.8. The Labute approximate surface area is 180 Å². The minimum atomic E-state index is -0.280. The molecule has 4 nitrogen and oxygen atoms in total. The number of likely N-dealkylation sites (tertiary alicyclic amines) is 1. The lowest BCUT2D eigenvalue weighted by molar-refractivity contribution is 0.0298. The minimum absolute atomic E-state index is 0.00277. The molecule has 1 saturated heterocycles. The van der Waals surface area contributed by atoms with Crippen LogP contribution in [-0.4, -0.2) is 41.2 Å². The van der Waals surface area contributed by atoms with Crippen molar-refractivity contribution in [2.75, 3.05) is 26.3 Å². The zero-order valence-corrected chi connectivity index (χ0v) is 19.0. The molecule has 1 aliphatic heterocycles. The monoisotopic (exact) mass is 413 g/mol. The summed E-state index contributed by atoms with van der Waals surface area (Å²) in [7, 11) is 0. The van der Waals surface area contributed by atoms with E-state index >= 15 is 0 Å². The van der Waals surface area contributed by atoms with E-state index in [4.69, 9.17) is 4.74 Å². The molecule has 3 rings (SSSR count). The van der Waals surface area contributed by atoms with E-state index in [1.165, 1.54) is 17.8 Å². The average Bonchev–Trinajstić information content (AvgIpc) is 3.19. The fourth-order valence-corrected chi connectivity index (χ4v) is 4.99. The van der Waals surface area contributed by atoms with Crippen LogP contribution in [0.4, 0.5) is 4.39 Å². The van der Waals surface area contributed by atoms with Crippen LogP contribution >= 0.6 is 0 Å². The van der Waals surface area contributed by atoms with E-state index in [2.05, 4.69) is 54.0 Å². The molecule has 2 aromatic rings. The van der Waals surface area contributed by atoms with Gasteiger partial charge in [0.05, 0.1) is 12.8 Å². The Morgan fingerprint density at radius 3 is 2.50 bits per heavy atom. The van der Waals surface area contributed by atoms with E-state index < -0.39 is 0 Å². The molecule has 0 spiro atoms. The van der Waals surface area contributed by atoms with Crippen LogP contribution in [0.5, 0.6) is 0 Å². The zero-order valence-electron chi connectivity index (χ0n) is 19.0. The summed E-state index contributed by atoms with van der Waals surface area (Å²) in [6.07, 6.45) is 8.44. The number of rotatable bonds is 10. The third-order valence-electron chi connectivity index (χ3n) is 6.97. The van der Waals surface area contributed by atoms with Gasteiger partial charge in [-0.1, -0.05) is 19.9 Å². The minimum Gasteiger partial charge on any atom is -0.381 e. The molecule has 0 aliphatic carbocycles. The molecule has 30 heavy (non-hydrogen) atoms. The highest BCUT2D eigenvalue weighted by molar-refractivity contribution is 5.24. The SMILES string of the molecule is CCOC[C@]1(CCc2ccc(F)cn2)CCN(C(CC)(CC)c2ccc(C)nc2)C1. The molecule has 0 saturated carbocycles. The Morgan fingerprint density at radius 1 is 1.10 bits per heavy atom. The highest BCUT2D eigenvalue weighted by Crippen LogP contribution is 2.44. The molecule has 5 heteroatoms. The Bertz CT molecular complexity index is 789. The molecule has 0 radical (unpaired) electrons. The number of hydrogen-bond acceptors (Lipinski definition) is 4. The summed E-state index contributed by atoms with van der Waals surface area (Å²) in [5.74, 6) is -0.280. The van der Waals surface area contributed by atoms with E-state index in [1.54, 1.807) is 6.07 Å². The summed E-state index contributed by atoms with van der Waals surface area (Å²) in [6, 6.07) is 7.68. The second kappa shape index (κ2) is 9.97. The van der Waals surface area contributed by atoms with Gasteiger partial charge in [0.25, 0.3) is 0 Å². The molecule has 0 unspecified atom stereocenters. The lowest BCUT2D eigenvalue weighted by Gasteiger charge is -2.42. The number of hydrogen-bond donors (Lipinski definition) is 0. The van der Waals surface area contributed by atoms with E-state index in [1.807, 2.05) is 6.92 Å². The van der Waals surface area contributed by atoms with Crippen LogP contribution in [0, 0.1) is 18.2 Å². The second-order valence-corrected chi connectivity index (χ2v) is 8.70. The van der Waals surface area contributed by atoms with Gasteiger partial charge >= 0.3 is 0 Å². The normalized spacial score (nSPS) is 20.0. The third-order valence-corrected chi connectivity index (χ3v) is 6.97. The van der Waals surface area contributed by atoms with Crippen LogP contribution in [0.15, 0.2) is 36.7 Å². The average molecular weight is 414 g/mol. The van der Waals surface area contributed by atoms with Crippen molar-refractivity contribution in [2.45, 2.75) is 65.3 Å². The summed E-state index contributed by atoms with van der Waals surface area (Å²) in [4.78, 5) is 11.5. The molecule has 3 heterocycles. The van der Waals surface area contributed by atoms with E-state index in [0.29, 0.717) is 0 Å². The fourth-order valence-electron chi connectivity index (χ4n) is 4.99. The topological polar surface area (TPSA) is 38.2 Å².